The van der Waals surface area contributed by atoms with Crippen molar-refractivity contribution >= 4 is 0 Å². The summed E-state index contributed by atoms with van der Waals surface area (Å²) in [4.78, 5) is 0. The second kappa shape index (κ2) is 23.5. The van der Waals surface area contributed by atoms with Gasteiger partial charge < -0.3 is 154 Å². The number of rotatable bonds is 16. The fourth-order valence-electron chi connectivity index (χ4n) is 7.99. The molecule has 0 spiro atoms. The van der Waals surface area contributed by atoms with Gasteiger partial charge in [0.25, 0.3) is 0 Å². The van der Waals surface area contributed by atoms with E-state index < -0.39 is 224 Å². The molecule has 0 radical (unpaired) electrons. The van der Waals surface area contributed by atoms with E-state index in [1.54, 1.807) is 0 Å². The first-order valence-electron chi connectivity index (χ1n) is 21.1. The largest absolute Gasteiger partial charge is 0.394 e. The zero-order valence-corrected chi connectivity index (χ0v) is 35.0. The molecule has 0 aromatic heterocycles. The van der Waals surface area contributed by atoms with Crippen LogP contribution < -0.4 is 0 Å². The van der Waals surface area contributed by atoms with E-state index in [4.69, 9.17) is 52.1 Å². The van der Waals surface area contributed by atoms with Gasteiger partial charge in [-0.1, -0.05) is 0 Å². The van der Waals surface area contributed by atoms with Crippen LogP contribution in [0.25, 0.3) is 0 Å². The molecule has 392 valence electrons. The van der Waals surface area contributed by atoms with Gasteiger partial charge in [-0.05, 0) is 0 Å². The van der Waals surface area contributed by atoms with Crippen molar-refractivity contribution in [2.75, 3.05) is 39.6 Å². The first-order valence-corrected chi connectivity index (χ1v) is 21.1. The lowest BCUT2D eigenvalue weighted by atomic mass is 9.97. The molecule has 67 heavy (non-hydrogen) atoms. The highest BCUT2D eigenvalue weighted by atomic mass is 16.8. The lowest BCUT2D eigenvalue weighted by Crippen LogP contribution is -2.63. The quantitative estimate of drug-likeness (QED) is 0.0683. The predicted octanol–water partition coefficient (Wildman–Crippen LogP) is -14.1. The van der Waals surface area contributed by atoms with Crippen molar-refractivity contribution in [3.8, 4) is 0 Å². The Labute approximate surface area is 378 Å². The molecule has 0 saturated carbocycles. The van der Waals surface area contributed by atoms with Crippen LogP contribution in [0.1, 0.15) is 0 Å². The smallest absolute Gasteiger partial charge is 0.186 e. The second-order valence-corrected chi connectivity index (χ2v) is 17.0. The average molecular weight is 991 g/mol. The highest BCUT2D eigenvalue weighted by Gasteiger charge is 2.52. The van der Waals surface area contributed by atoms with Crippen molar-refractivity contribution in [3.63, 3.8) is 0 Å². The molecule has 6 saturated heterocycles. The molecular formula is C36H62O31. The molecule has 0 amide bonds. The lowest BCUT2D eigenvalue weighted by Gasteiger charge is -2.44. The van der Waals surface area contributed by atoms with Gasteiger partial charge in [-0.15, -0.1) is 0 Å². The van der Waals surface area contributed by atoms with E-state index >= 15 is 0 Å². The molecule has 0 aliphatic carbocycles. The highest BCUT2D eigenvalue weighted by Crippen LogP contribution is 2.31. The second-order valence-electron chi connectivity index (χ2n) is 17.0. The van der Waals surface area contributed by atoms with Gasteiger partial charge >= 0.3 is 0 Å². The molecule has 6 rings (SSSR count). The minimum Gasteiger partial charge on any atom is -0.394 e. The Morgan fingerprint density at radius 1 is 0.224 bits per heavy atom. The maximum atomic E-state index is 10.7. The summed E-state index contributed by atoms with van der Waals surface area (Å²) in [5.74, 6) is 0. The molecular weight excluding hydrogens is 928 g/mol. The first-order chi connectivity index (χ1) is 31.6. The van der Waals surface area contributed by atoms with Crippen molar-refractivity contribution in [2.24, 2.45) is 0 Å². The van der Waals surface area contributed by atoms with Gasteiger partial charge in [0, 0.05) is 0 Å². The summed E-state index contributed by atoms with van der Waals surface area (Å²) >= 11 is 0. The predicted molar refractivity (Wildman–Crippen MR) is 199 cm³/mol. The summed E-state index contributed by atoms with van der Waals surface area (Å²) in [5.41, 5.74) is 0. The maximum Gasteiger partial charge on any atom is 0.186 e. The average Bonchev–Trinajstić information content (AvgIpc) is 3.31. The van der Waals surface area contributed by atoms with Crippen molar-refractivity contribution in [2.45, 2.75) is 184 Å². The van der Waals surface area contributed by atoms with E-state index in [0.717, 1.165) is 0 Å². The Morgan fingerprint density at radius 3 is 0.657 bits per heavy atom. The molecule has 30 atom stereocenters. The van der Waals surface area contributed by atoms with Crippen molar-refractivity contribution in [1.29, 1.82) is 0 Å². The van der Waals surface area contributed by atoms with E-state index in [9.17, 15) is 102 Å². The molecule has 31 heteroatoms. The Hall–Kier alpha value is -1.24. The molecule has 6 fully saturated rings. The lowest BCUT2D eigenvalue weighted by molar-refractivity contribution is -0.352. The van der Waals surface area contributed by atoms with Crippen molar-refractivity contribution < 1.29 is 154 Å². The Kier molecular flexibility index (Phi) is 19.4. The summed E-state index contributed by atoms with van der Waals surface area (Å²) < 4.78 is 59.7. The normalized spacial score (nSPS) is 53.4. The molecule has 0 bridgehead atoms. The summed E-state index contributed by atoms with van der Waals surface area (Å²) in [6, 6.07) is 0. The summed E-state index contributed by atoms with van der Waals surface area (Å²) in [6.45, 7) is -4.51. The van der Waals surface area contributed by atoms with Crippen molar-refractivity contribution in [1.82, 2.24) is 0 Å². The van der Waals surface area contributed by atoms with Gasteiger partial charge in [-0.2, -0.15) is 0 Å². The van der Waals surface area contributed by atoms with Gasteiger partial charge in [0.15, 0.2) is 37.7 Å². The number of ether oxygens (including phenoxy) is 11. The van der Waals surface area contributed by atoms with Crippen LogP contribution in [0.4, 0.5) is 0 Å². The first kappa shape index (κ1) is 55.1. The maximum absolute atomic E-state index is 10.7. The highest BCUT2D eigenvalue weighted by molar-refractivity contribution is 4.96. The van der Waals surface area contributed by atoms with Crippen LogP contribution in [0.5, 0.6) is 0 Å². The van der Waals surface area contributed by atoms with Crippen LogP contribution in [0.15, 0.2) is 0 Å². The molecule has 20 N–H and O–H groups in total. The number of aliphatic hydroxyl groups is 20. The van der Waals surface area contributed by atoms with E-state index in [-0.39, 0.29) is 0 Å². The number of hydrogen-bond donors (Lipinski definition) is 20. The third-order valence-corrected chi connectivity index (χ3v) is 12.3. The number of hydrogen-bond acceptors (Lipinski definition) is 31. The van der Waals surface area contributed by atoms with E-state index in [1.807, 2.05) is 0 Å². The van der Waals surface area contributed by atoms with E-state index in [2.05, 4.69) is 0 Å². The standard InChI is InChI=1S/C36H62O31/c37-1-7-13(38)20(45)26(51)32(63-7)58-3-9-15(40)22(47)28(53)34(65-9)60-5-11-17(42)24(49)30(55)36(67-11)61-6-12-18(43)23(48)29(54)35(66-12)59-4-10-16(41)21(46)27(52)33(64-10)57-2-8-14(39)19(44)25(50)31(56)62-8/h7-56H,1-6H2/t7?,8?,9?,10?,11?,12?,13?,14-,15-,16?,17?,18-,19?,20+,21+,22?,23?,24+,25-,26?,27?,28-,29-,30?,31+,32-,33-,34?,35?,36-/m1/s1. The Balaban J connectivity index is 1.01. The number of aliphatic hydroxyl groups excluding tert-OH is 20. The van der Waals surface area contributed by atoms with Gasteiger partial charge in [-0.25, -0.2) is 0 Å². The van der Waals surface area contributed by atoms with Gasteiger partial charge in [0.2, 0.25) is 0 Å². The fraction of sp³-hybridized carbons (Fsp3) is 1.00. The van der Waals surface area contributed by atoms with Crippen LogP contribution in [0.2, 0.25) is 0 Å². The van der Waals surface area contributed by atoms with Crippen LogP contribution >= 0.6 is 0 Å². The zero-order valence-electron chi connectivity index (χ0n) is 35.0. The minimum atomic E-state index is -2.01. The van der Waals surface area contributed by atoms with Gasteiger partial charge in [-0.3, -0.25) is 0 Å². The Bertz CT molecular complexity index is 1510. The third kappa shape index (κ3) is 12.0. The van der Waals surface area contributed by atoms with E-state index in [1.165, 1.54) is 0 Å². The molecule has 0 aromatic carbocycles. The zero-order chi connectivity index (χ0) is 49.3. The SMILES string of the molecule is OCC1O[C@@H](OCC2OC(OCC3O[C@@H](OCC4OC(OCC5O[C@@H](OCC6O[C@H](O)[C@H](O)C(O)[C@@H]6O)C(O)[C@@H](O)C5O)[C@H](O)C(O)[C@@H]4O)C(O)[C@@H](O)C3O)[C@H](O)C(O)[C@@H]2O)C(O)[C@@H](O)C1O. The van der Waals surface area contributed by atoms with Gasteiger partial charge in [0.05, 0.1) is 39.6 Å². The molecule has 17 unspecified atom stereocenters. The molecule has 6 heterocycles. The van der Waals surface area contributed by atoms with Crippen LogP contribution in [0, 0.1) is 0 Å². The fourth-order valence-corrected chi connectivity index (χ4v) is 7.99. The minimum absolute atomic E-state index is 0.692. The Morgan fingerprint density at radius 2 is 0.418 bits per heavy atom. The summed E-state index contributed by atoms with van der Waals surface area (Å²) in [5, 5.41) is 206. The van der Waals surface area contributed by atoms with Crippen molar-refractivity contribution in [3.05, 3.63) is 0 Å². The molecule has 6 aliphatic rings. The van der Waals surface area contributed by atoms with Crippen LogP contribution in [-0.2, 0) is 52.1 Å². The van der Waals surface area contributed by atoms with Crippen LogP contribution in [-0.4, -0.2) is 326 Å². The monoisotopic (exact) mass is 990 g/mol. The third-order valence-electron chi connectivity index (χ3n) is 12.3. The molecule has 31 nitrogen and oxygen atoms in total. The molecule has 0 aromatic rings. The van der Waals surface area contributed by atoms with E-state index in [0.29, 0.717) is 0 Å². The summed E-state index contributed by atoms with van der Waals surface area (Å²) in [7, 11) is 0. The van der Waals surface area contributed by atoms with Gasteiger partial charge in [0.1, 0.15) is 146 Å². The van der Waals surface area contributed by atoms with Crippen LogP contribution in [0.3, 0.4) is 0 Å². The molecule has 6 aliphatic heterocycles. The topological polar surface area (TPSA) is 506 Å². The summed E-state index contributed by atoms with van der Waals surface area (Å²) in [6.07, 6.45) is -54.2.